The average molecular weight is 527 g/mol. The molecule has 1 aromatic rings. The molecule has 1 saturated carbocycles. The number of pyridine rings is 1. The predicted molar refractivity (Wildman–Crippen MR) is 128 cm³/mol. The molecule has 13 heteroatoms. The van der Waals surface area contributed by atoms with Crippen LogP contribution in [0.1, 0.15) is 51.5 Å². The minimum Gasteiger partial charge on any atom is -0.443 e. The number of rotatable bonds is 13. The lowest BCUT2D eigenvalue weighted by Gasteiger charge is -2.26. The van der Waals surface area contributed by atoms with E-state index in [0.29, 0.717) is 32.2 Å². The Hall–Kier alpha value is -2.77. The Kier molecular flexibility index (Phi) is 9.25. The zero-order chi connectivity index (χ0) is 26.3. The second-order valence-electron chi connectivity index (χ2n) is 9.95. The summed E-state index contributed by atoms with van der Waals surface area (Å²) in [6.07, 6.45) is 5.34. The zero-order valence-electron chi connectivity index (χ0n) is 20.4. The van der Waals surface area contributed by atoms with E-state index in [0.717, 1.165) is 5.56 Å². The second kappa shape index (κ2) is 12.0. The number of carbonyl (C=O) groups excluding carboxylic acids is 3. The lowest BCUT2D eigenvalue weighted by Crippen LogP contribution is -2.52. The number of hydrogen-bond acceptors (Lipinski definition) is 9. The standard InChI is InChI=1S/C23H34N4O8S/c1-15(2)10-19(27-22(30)34-23(6-7-23)12-16-4-3-8-24-13-16)21(29)26-18(14-36(32,33)35-31)11-17-5-9-25-20(17)28/h3-4,8,13,15,17-19,31H,5-7,9-12,14H2,1-2H3,(H,25,28)(H,26,29)(H,27,30)/t17?,18-,19?/m0/s1. The molecule has 0 bridgehead atoms. The van der Waals surface area contributed by atoms with Gasteiger partial charge in [-0.2, -0.15) is 8.42 Å². The summed E-state index contributed by atoms with van der Waals surface area (Å²) in [5.74, 6) is -2.05. The van der Waals surface area contributed by atoms with Gasteiger partial charge in [0.2, 0.25) is 11.8 Å². The summed E-state index contributed by atoms with van der Waals surface area (Å²) in [5.41, 5.74) is 0.294. The molecule has 200 valence electrons. The summed E-state index contributed by atoms with van der Waals surface area (Å²) in [6, 6.07) is 1.70. The summed E-state index contributed by atoms with van der Waals surface area (Å²) < 4.78 is 33.0. The number of hydrogen-bond donors (Lipinski definition) is 4. The van der Waals surface area contributed by atoms with Gasteiger partial charge in [0, 0.05) is 37.3 Å². The molecule has 2 unspecified atom stereocenters. The van der Waals surface area contributed by atoms with Gasteiger partial charge in [-0.25, -0.2) is 10.1 Å². The number of aromatic nitrogens is 1. The van der Waals surface area contributed by atoms with Crippen molar-refractivity contribution in [3.8, 4) is 0 Å². The van der Waals surface area contributed by atoms with Crippen molar-refractivity contribution in [3.05, 3.63) is 30.1 Å². The fraction of sp³-hybridized carbons (Fsp3) is 0.652. The highest BCUT2D eigenvalue weighted by atomic mass is 32.2. The van der Waals surface area contributed by atoms with Gasteiger partial charge < -0.3 is 20.7 Å². The monoisotopic (exact) mass is 526 g/mol. The number of ether oxygens (including phenoxy) is 1. The second-order valence-corrected chi connectivity index (χ2v) is 11.6. The van der Waals surface area contributed by atoms with E-state index < -0.39 is 51.5 Å². The van der Waals surface area contributed by atoms with Gasteiger partial charge in [0.15, 0.2) is 0 Å². The summed E-state index contributed by atoms with van der Waals surface area (Å²) in [7, 11) is -4.35. The Labute approximate surface area is 210 Å². The Balaban J connectivity index is 1.65. The van der Waals surface area contributed by atoms with Crippen LogP contribution in [-0.2, 0) is 35.2 Å². The van der Waals surface area contributed by atoms with Crippen LogP contribution in [0.15, 0.2) is 24.5 Å². The molecule has 12 nitrogen and oxygen atoms in total. The van der Waals surface area contributed by atoms with Crippen molar-refractivity contribution < 1.29 is 37.1 Å². The maximum absolute atomic E-state index is 13.1. The maximum Gasteiger partial charge on any atom is 0.408 e. The normalized spacial score (nSPS) is 20.3. The van der Waals surface area contributed by atoms with E-state index in [1.165, 1.54) is 0 Å². The van der Waals surface area contributed by atoms with Crippen molar-refractivity contribution in [2.45, 2.75) is 70.1 Å². The number of carbonyl (C=O) groups is 3. The van der Waals surface area contributed by atoms with Crippen LogP contribution < -0.4 is 16.0 Å². The SMILES string of the molecule is CC(C)CC(NC(=O)OC1(Cc2cccnc2)CC1)C(=O)N[C@@H](CC1CCNC1=O)CS(=O)(=O)OO. The molecule has 2 heterocycles. The van der Waals surface area contributed by atoms with Crippen LogP contribution in [0.3, 0.4) is 0 Å². The third kappa shape index (κ3) is 8.42. The van der Waals surface area contributed by atoms with Crippen LogP contribution >= 0.6 is 0 Å². The topological polar surface area (TPSA) is 173 Å². The summed E-state index contributed by atoms with van der Waals surface area (Å²) in [6.45, 7) is 4.21. The van der Waals surface area contributed by atoms with E-state index >= 15 is 0 Å². The van der Waals surface area contributed by atoms with Crippen molar-refractivity contribution in [2.24, 2.45) is 11.8 Å². The highest BCUT2D eigenvalue weighted by Gasteiger charge is 2.47. The first kappa shape index (κ1) is 27.8. The van der Waals surface area contributed by atoms with Crippen LogP contribution in [0.5, 0.6) is 0 Å². The molecular formula is C23H34N4O8S. The molecule has 36 heavy (non-hydrogen) atoms. The molecule has 2 aliphatic rings. The highest BCUT2D eigenvalue weighted by molar-refractivity contribution is 7.86. The van der Waals surface area contributed by atoms with E-state index in [-0.39, 0.29) is 24.7 Å². The lowest BCUT2D eigenvalue weighted by molar-refractivity contribution is -0.131. The van der Waals surface area contributed by atoms with Crippen LogP contribution in [0.2, 0.25) is 0 Å². The van der Waals surface area contributed by atoms with Gasteiger partial charge in [-0.05, 0) is 49.7 Å². The van der Waals surface area contributed by atoms with E-state index in [4.69, 9.17) is 9.99 Å². The first-order valence-electron chi connectivity index (χ1n) is 12.0. The molecule has 0 spiro atoms. The number of nitrogens with one attached hydrogen (secondary N) is 3. The number of alkyl carbamates (subject to hydrolysis) is 1. The number of amides is 3. The molecule has 2 fully saturated rings. The third-order valence-electron chi connectivity index (χ3n) is 6.28. The summed E-state index contributed by atoms with van der Waals surface area (Å²) >= 11 is 0. The molecule has 3 rings (SSSR count). The smallest absolute Gasteiger partial charge is 0.408 e. The van der Waals surface area contributed by atoms with Crippen molar-refractivity contribution in [1.82, 2.24) is 20.9 Å². The van der Waals surface area contributed by atoms with Crippen LogP contribution in [0.25, 0.3) is 0 Å². The average Bonchev–Trinajstić information content (AvgIpc) is 3.43. The van der Waals surface area contributed by atoms with Crippen molar-refractivity contribution in [3.63, 3.8) is 0 Å². The first-order chi connectivity index (χ1) is 17.0. The van der Waals surface area contributed by atoms with Gasteiger partial charge >= 0.3 is 6.09 Å². The van der Waals surface area contributed by atoms with E-state index in [1.54, 1.807) is 12.4 Å². The highest BCUT2D eigenvalue weighted by Crippen LogP contribution is 2.42. The van der Waals surface area contributed by atoms with E-state index in [2.05, 4.69) is 25.3 Å². The fourth-order valence-corrected chi connectivity index (χ4v) is 5.13. The molecule has 0 aromatic carbocycles. The predicted octanol–water partition coefficient (Wildman–Crippen LogP) is 1.13. The molecule has 1 saturated heterocycles. The minimum absolute atomic E-state index is 0.0231. The van der Waals surface area contributed by atoms with Crippen molar-refractivity contribution in [2.75, 3.05) is 12.3 Å². The largest absolute Gasteiger partial charge is 0.443 e. The van der Waals surface area contributed by atoms with Gasteiger partial charge in [-0.3, -0.25) is 14.6 Å². The first-order valence-corrected chi connectivity index (χ1v) is 13.6. The molecule has 1 aliphatic heterocycles. The van der Waals surface area contributed by atoms with Crippen molar-refractivity contribution >= 4 is 28.0 Å². The van der Waals surface area contributed by atoms with Gasteiger partial charge in [0.05, 0.1) is 5.75 Å². The van der Waals surface area contributed by atoms with Gasteiger partial charge in [0.1, 0.15) is 11.6 Å². The Morgan fingerprint density at radius 1 is 1.31 bits per heavy atom. The quantitative estimate of drug-likeness (QED) is 0.217. The Bertz CT molecular complexity index is 1030. The maximum atomic E-state index is 13.1. The Morgan fingerprint density at radius 2 is 2.06 bits per heavy atom. The van der Waals surface area contributed by atoms with Crippen molar-refractivity contribution in [1.29, 1.82) is 0 Å². The summed E-state index contributed by atoms with van der Waals surface area (Å²) in [5, 5.41) is 16.6. The molecule has 3 atom stereocenters. The van der Waals surface area contributed by atoms with Gasteiger partial charge in [-0.15, -0.1) is 4.33 Å². The summed E-state index contributed by atoms with van der Waals surface area (Å²) in [4.78, 5) is 41.9. The molecule has 1 aliphatic carbocycles. The molecule has 4 N–H and O–H groups in total. The van der Waals surface area contributed by atoms with Crippen LogP contribution in [0.4, 0.5) is 4.79 Å². The molecule has 1 aromatic heterocycles. The minimum atomic E-state index is -4.35. The number of nitrogens with zero attached hydrogens (tertiary/aromatic N) is 1. The van der Waals surface area contributed by atoms with E-state index in [1.807, 2.05) is 26.0 Å². The van der Waals surface area contributed by atoms with Gasteiger partial charge in [-0.1, -0.05) is 19.9 Å². The van der Waals surface area contributed by atoms with Crippen LogP contribution in [-0.4, -0.2) is 66.5 Å². The Morgan fingerprint density at radius 3 is 2.61 bits per heavy atom. The lowest BCUT2D eigenvalue weighted by atomic mass is 9.98. The fourth-order valence-electron chi connectivity index (χ4n) is 4.36. The van der Waals surface area contributed by atoms with Gasteiger partial charge in [0.25, 0.3) is 10.1 Å². The van der Waals surface area contributed by atoms with E-state index in [9.17, 15) is 22.8 Å². The van der Waals surface area contributed by atoms with Crippen LogP contribution in [0, 0.1) is 11.8 Å². The zero-order valence-corrected chi connectivity index (χ0v) is 21.3. The molecule has 0 radical (unpaired) electrons. The molecular weight excluding hydrogens is 492 g/mol. The molecule has 3 amide bonds. The third-order valence-corrected chi connectivity index (χ3v) is 7.32.